The van der Waals surface area contributed by atoms with E-state index >= 15 is 0 Å². The number of hydrogen-bond acceptors (Lipinski definition) is 4. The van der Waals surface area contributed by atoms with Crippen molar-refractivity contribution in [2.45, 2.75) is 92.3 Å². The molecule has 0 aromatic carbocycles. The van der Waals surface area contributed by atoms with Gasteiger partial charge in [-0.1, -0.05) is 41.5 Å². The maximum Gasteiger partial charge on any atom is 0.193 e. The minimum atomic E-state index is -1.53. The van der Waals surface area contributed by atoms with Crippen LogP contribution in [0.4, 0.5) is 0 Å². The highest BCUT2D eigenvalue weighted by molar-refractivity contribution is 6.73. The lowest BCUT2D eigenvalue weighted by Gasteiger charge is -2.32. The van der Waals surface area contributed by atoms with Crippen LogP contribution in [-0.2, 0) is 4.43 Å². The van der Waals surface area contributed by atoms with Crippen LogP contribution in [0.2, 0.25) is 18.1 Å². The molecule has 0 saturated heterocycles. The van der Waals surface area contributed by atoms with Crippen molar-refractivity contribution in [3.8, 4) is 0 Å². The Kier molecular flexibility index (Phi) is 18.8. The van der Waals surface area contributed by atoms with Crippen LogP contribution in [0.3, 0.4) is 0 Å². The molecule has 0 atom stereocenters. The van der Waals surface area contributed by atoms with Gasteiger partial charge in [0.15, 0.2) is 8.32 Å². The SMILES string of the molecule is CCCN(CC)CCCN(CCCN(CC)CCC)CC[Si](CC)(CC)OCC. The van der Waals surface area contributed by atoms with E-state index in [4.69, 9.17) is 4.43 Å². The van der Waals surface area contributed by atoms with E-state index in [0.29, 0.717) is 0 Å². The molecule has 0 rings (SSSR count). The van der Waals surface area contributed by atoms with Gasteiger partial charge < -0.3 is 19.1 Å². The van der Waals surface area contributed by atoms with Crippen LogP contribution in [0.5, 0.6) is 0 Å². The summed E-state index contributed by atoms with van der Waals surface area (Å²) >= 11 is 0. The molecule has 0 amide bonds. The second kappa shape index (κ2) is 18.8. The van der Waals surface area contributed by atoms with Crippen LogP contribution < -0.4 is 0 Å². The Morgan fingerprint density at radius 1 is 0.552 bits per heavy atom. The van der Waals surface area contributed by atoms with Crippen molar-refractivity contribution in [1.82, 2.24) is 14.7 Å². The van der Waals surface area contributed by atoms with Crippen molar-refractivity contribution < 1.29 is 4.43 Å². The molecule has 0 radical (unpaired) electrons. The monoisotopic (exact) mass is 429 g/mol. The average molecular weight is 430 g/mol. The van der Waals surface area contributed by atoms with E-state index in [1.165, 1.54) is 103 Å². The molecule has 5 heteroatoms. The van der Waals surface area contributed by atoms with Gasteiger partial charge in [-0.2, -0.15) is 0 Å². The van der Waals surface area contributed by atoms with Crippen LogP contribution in [0, 0.1) is 0 Å². The van der Waals surface area contributed by atoms with E-state index in [-0.39, 0.29) is 0 Å². The summed E-state index contributed by atoms with van der Waals surface area (Å²) in [5.41, 5.74) is 0. The van der Waals surface area contributed by atoms with Crippen molar-refractivity contribution in [3.05, 3.63) is 0 Å². The zero-order valence-electron chi connectivity index (χ0n) is 21.3. The summed E-state index contributed by atoms with van der Waals surface area (Å²) in [6.07, 6.45) is 5.11. The van der Waals surface area contributed by atoms with E-state index in [1.54, 1.807) is 0 Å². The quantitative estimate of drug-likeness (QED) is 0.222. The number of rotatable bonds is 21. The van der Waals surface area contributed by atoms with Crippen molar-refractivity contribution >= 4 is 8.32 Å². The van der Waals surface area contributed by atoms with Gasteiger partial charge >= 0.3 is 0 Å². The second-order valence-electron chi connectivity index (χ2n) is 8.49. The summed E-state index contributed by atoms with van der Waals surface area (Å²) in [6.45, 7) is 28.0. The van der Waals surface area contributed by atoms with Crippen molar-refractivity contribution in [2.75, 3.05) is 65.5 Å². The maximum atomic E-state index is 6.36. The highest BCUT2D eigenvalue weighted by atomic mass is 28.4. The van der Waals surface area contributed by atoms with Gasteiger partial charge in [0.2, 0.25) is 0 Å². The highest BCUT2D eigenvalue weighted by Crippen LogP contribution is 2.22. The Bertz CT molecular complexity index is 333. The maximum absolute atomic E-state index is 6.36. The Morgan fingerprint density at radius 2 is 1.00 bits per heavy atom. The lowest BCUT2D eigenvalue weighted by atomic mass is 10.3. The fourth-order valence-corrected chi connectivity index (χ4v) is 7.50. The van der Waals surface area contributed by atoms with Crippen molar-refractivity contribution in [2.24, 2.45) is 0 Å². The Hall–Kier alpha value is 0.0569. The van der Waals surface area contributed by atoms with Crippen LogP contribution >= 0.6 is 0 Å². The van der Waals surface area contributed by atoms with Gasteiger partial charge in [-0.25, -0.2) is 0 Å². The van der Waals surface area contributed by atoms with Gasteiger partial charge in [0.1, 0.15) is 0 Å². The van der Waals surface area contributed by atoms with Crippen LogP contribution in [0.15, 0.2) is 0 Å². The minimum Gasteiger partial charge on any atom is -0.417 e. The third kappa shape index (κ3) is 13.2. The molecule has 0 spiro atoms. The Balaban J connectivity index is 4.71. The van der Waals surface area contributed by atoms with Gasteiger partial charge in [-0.05, 0) is 110 Å². The first-order chi connectivity index (χ1) is 14.0. The van der Waals surface area contributed by atoms with E-state index in [1.807, 2.05) is 0 Å². The summed E-state index contributed by atoms with van der Waals surface area (Å²) < 4.78 is 6.36. The second-order valence-corrected chi connectivity index (χ2v) is 13.1. The number of nitrogens with zero attached hydrogens (tertiary/aromatic N) is 3. The van der Waals surface area contributed by atoms with Crippen LogP contribution in [-0.4, -0.2) is 88.5 Å². The Labute approximate surface area is 185 Å². The fourth-order valence-electron chi connectivity index (χ4n) is 4.41. The van der Waals surface area contributed by atoms with E-state index in [0.717, 1.165) is 6.61 Å². The molecule has 0 heterocycles. The zero-order valence-corrected chi connectivity index (χ0v) is 22.3. The average Bonchev–Trinajstić information content (AvgIpc) is 2.74. The standard InChI is InChI=1S/C24H55N3OSi/c1-8-17-25(10-3)19-15-21-27(22-16-20-26(11-4)18-9-2)23-24-29(13-6,14-7)28-12-5/h8-24H2,1-7H3. The summed E-state index contributed by atoms with van der Waals surface area (Å²) in [5.74, 6) is 0. The third-order valence-electron chi connectivity index (χ3n) is 6.49. The first-order valence-electron chi connectivity index (χ1n) is 12.8. The molecular weight excluding hydrogens is 374 g/mol. The smallest absolute Gasteiger partial charge is 0.193 e. The van der Waals surface area contributed by atoms with Gasteiger partial charge in [-0.15, -0.1) is 0 Å². The predicted molar refractivity (Wildman–Crippen MR) is 134 cm³/mol. The van der Waals surface area contributed by atoms with E-state index < -0.39 is 8.32 Å². The lowest BCUT2D eigenvalue weighted by molar-refractivity contribution is 0.215. The summed E-state index contributed by atoms with van der Waals surface area (Å²) in [7, 11) is -1.53. The zero-order chi connectivity index (χ0) is 22.0. The molecule has 0 bridgehead atoms. The summed E-state index contributed by atoms with van der Waals surface area (Å²) in [6, 6.07) is 3.81. The molecule has 0 aliphatic rings. The molecule has 0 aliphatic carbocycles. The highest BCUT2D eigenvalue weighted by Gasteiger charge is 2.30. The van der Waals surface area contributed by atoms with Crippen molar-refractivity contribution in [1.29, 1.82) is 0 Å². The molecule has 0 N–H and O–H groups in total. The molecule has 0 unspecified atom stereocenters. The van der Waals surface area contributed by atoms with E-state index in [2.05, 4.69) is 63.2 Å². The van der Waals surface area contributed by atoms with Gasteiger partial charge in [0.25, 0.3) is 0 Å². The summed E-state index contributed by atoms with van der Waals surface area (Å²) in [5, 5.41) is 0. The minimum absolute atomic E-state index is 0.888. The Morgan fingerprint density at radius 3 is 1.34 bits per heavy atom. The van der Waals surface area contributed by atoms with Crippen LogP contribution in [0.25, 0.3) is 0 Å². The molecule has 0 fully saturated rings. The fraction of sp³-hybridized carbons (Fsp3) is 1.00. The lowest BCUT2D eigenvalue weighted by Crippen LogP contribution is -2.42. The molecule has 0 aromatic rings. The third-order valence-corrected chi connectivity index (χ3v) is 11.1. The normalized spacial score (nSPS) is 12.6. The molecule has 0 aliphatic heterocycles. The van der Waals surface area contributed by atoms with Crippen molar-refractivity contribution in [3.63, 3.8) is 0 Å². The van der Waals surface area contributed by atoms with Gasteiger partial charge in [0.05, 0.1) is 0 Å². The largest absolute Gasteiger partial charge is 0.417 e. The molecule has 29 heavy (non-hydrogen) atoms. The van der Waals surface area contributed by atoms with Gasteiger partial charge in [0, 0.05) is 6.61 Å². The van der Waals surface area contributed by atoms with E-state index in [9.17, 15) is 0 Å². The van der Waals surface area contributed by atoms with Gasteiger partial charge in [-0.3, -0.25) is 0 Å². The number of hydrogen-bond donors (Lipinski definition) is 0. The topological polar surface area (TPSA) is 19.0 Å². The van der Waals surface area contributed by atoms with Crippen LogP contribution in [0.1, 0.15) is 74.1 Å². The first-order valence-corrected chi connectivity index (χ1v) is 15.4. The molecule has 0 saturated carbocycles. The first kappa shape index (κ1) is 29.1. The predicted octanol–water partition coefficient (Wildman–Crippen LogP) is 5.55. The molecular formula is C24H55N3OSi. The molecule has 0 aromatic heterocycles. The molecule has 176 valence electrons. The summed E-state index contributed by atoms with van der Waals surface area (Å²) in [4.78, 5) is 7.97. The molecule has 4 nitrogen and oxygen atoms in total.